The fourth-order valence-corrected chi connectivity index (χ4v) is 0.382. The predicted octanol–water partition coefficient (Wildman–Crippen LogP) is 0.103. The molecule has 0 bridgehead atoms. The Morgan fingerprint density at radius 2 is 1.80 bits per heavy atom. The monoisotopic (exact) mass is 70.1 g/mol. The van der Waals surface area contributed by atoms with Gasteiger partial charge in [-0.15, -0.1) is 0 Å². The van der Waals surface area contributed by atoms with Crippen molar-refractivity contribution in [1.82, 2.24) is 0 Å². The van der Waals surface area contributed by atoms with Crippen molar-refractivity contribution in [3.8, 4) is 0 Å². The summed E-state index contributed by atoms with van der Waals surface area (Å²) in [6.07, 6.45) is 1.35. The van der Waals surface area contributed by atoms with Crippen LogP contribution in [0.1, 0.15) is 6.42 Å². The molecule has 0 unspecified atom stereocenters. The van der Waals surface area contributed by atoms with Gasteiger partial charge in [0.05, 0.1) is 6.42 Å². The molecule has 0 aromatic rings. The Morgan fingerprint density at radius 3 is 1.80 bits per heavy atom. The second kappa shape index (κ2) is 0.814. The van der Waals surface area contributed by atoms with Crippen molar-refractivity contribution in [2.24, 2.45) is 0 Å². The van der Waals surface area contributed by atoms with E-state index in [9.17, 15) is 0 Å². The van der Waals surface area contributed by atoms with E-state index >= 15 is 0 Å². The molecule has 1 rings (SSSR count). The van der Waals surface area contributed by atoms with Gasteiger partial charge in [-0.2, -0.15) is 0 Å². The van der Waals surface area contributed by atoms with Gasteiger partial charge in [0.15, 0.2) is 0 Å². The van der Waals surface area contributed by atoms with Crippen LogP contribution < -0.4 is 0 Å². The van der Waals surface area contributed by atoms with Gasteiger partial charge < -0.3 is 0 Å². The van der Waals surface area contributed by atoms with E-state index < -0.39 is 0 Å². The summed E-state index contributed by atoms with van der Waals surface area (Å²) in [7, 11) is 0. The fraction of sp³-hybridized carbons (Fsp3) is 0.750. The Bertz CT molecular complexity index is 50.7. The molecule has 0 spiro atoms. The van der Waals surface area contributed by atoms with Crippen LogP contribution in [-0.2, 0) is 0 Å². The van der Waals surface area contributed by atoms with Crippen LogP contribution in [0.5, 0.6) is 0 Å². The van der Waals surface area contributed by atoms with Gasteiger partial charge >= 0.3 is 0 Å². The Hall–Kier alpha value is -0.330. The summed E-state index contributed by atoms with van der Waals surface area (Å²) in [5, 5.41) is 0. The topological polar surface area (TPSA) is 3.01 Å². The standard InChI is InChI=1S/C4H8N/c1-5-3-2-4-5/h1-4H2/q+1. The molecule has 1 aliphatic rings. The second-order valence-corrected chi connectivity index (χ2v) is 1.47. The predicted molar refractivity (Wildman–Crippen MR) is 21.7 cm³/mol. The van der Waals surface area contributed by atoms with Gasteiger partial charge in [-0.3, -0.25) is 0 Å². The first kappa shape index (κ1) is 2.88. The van der Waals surface area contributed by atoms with Crippen LogP contribution in [0.4, 0.5) is 0 Å². The lowest BCUT2D eigenvalue weighted by Crippen LogP contribution is -2.25. The summed E-state index contributed by atoms with van der Waals surface area (Å²) in [4.78, 5) is 0. The highest BCUT2D eigenvalue weighted by molar-refractivity contribution is 5.14. The highest BCUT2D eigenvalue weighted by atomic mass is 15.0. The van der Waals surface area contributed by atoms with Crippen LogP contribution in [0.25, 0.3) is 0 Å². The highest BCUT2D eigenvalue weighted by Gasteiger charge is 2.10. The minimum absolute atomic E-state index is 1.21. The summed E-state index contributed by atoms with van der Waals surface area (Å²) < 4.78 is 2.06. The molecule has 28 valence electrons. The van der Waals surface area contributed by atoms with Crippen LogP contribution in [0.15, 0.2) is 0 Å². The number of hydrogen-bond donors (Lipinski definition) is 0. The van der Waals surface area contributed by atoms with E-state index in [4.69, 9.17) is 0 Å². The summed E-state index contributed by atoms with van der Waals surface area (Å²) >= 11 is 0. The van der Waals surface area contributed by atoms with Gasteiger partial charge in [0.25, 0.3) is 0 Å². The number of nitrogens with zero attached hydrogens (tertiary/aromatic N) is 1. The lowest BCUT2D eigenvalue weighted by atomic mass is 10.3. The van der Waals surface area contributed by atoms with Gasteiger partial charge in [0.1, 0.15) is 19.8 Å². The summed E-state index contributed by atoms with van der Waals surface area (Å²) in [5.41, 5.74) is 0. The van der Waals surface area contributed by atoms with E-state index in [1.807, 2.05) is 0 Å². The summed E-state index contributed by atoms with van der Waals surface area (Å²) in [6, 6.07) is 0. The molecule has 1 nitrogen and oxygen atoms in total. The second-order valence-electron chi connectivity index (χ2n) is 1.47. The van der Waals surface area contributed by atoms with Gasteiger partial charge in [-0.1, -0.05) is 0 Å². The normalized spacial score (nSPS) is 22.0. The van der Waals surface area contributed by atoms with Crippen LogP contribution in [-0.4, -0.2) is 24.4 Å². The molecule has 1 heterocycles. The minimum Gasteiger partial charge on any atom is -0.242 e. The van der Waals surface area contributed by atoms with E-state index in [-0.39, 0.29) is 0 Å². The minimum atomic E-state index is 1.21. The first-order chi connectivity index (χ1) is 2.39. The molecule has 0 amide bonds. The molecule has 1 heteroatoms. The third-order valence-corrected chi connectivity index (χ3v) is 0.949. The summed E-state index contributed by atoms with van der Waals surface area (Å²) in [6.45, 7) is 6.09. The molecule has 0 aromatic carbocycles. The fourth-order valence-electron chi connectivity index (χ4n) is 0.382. The van der Waals surface area contributed by atoms with Gasteiger partial charge in [-0.05, 0) is 0 Å². The van der Waals surface area contributed by atoms with Crippen molar-refractivity contribution in [3.05, 3.63) is 0 Å². The van der Waals surface area contributed by atoms with Crippen LogP contribution >= 0.6 is 0 Å². The van der Waals surface area contributed by atoms with Crippen molar-refractivity contribution in [2.75, 3.05) is 13.1 Å². The maximum Gasteiger partial charge on any atom is 0.148 e. The van der Waals surface area contributed by atoms with Crippen molar-refractivity contribution >= 4 is 6.72 Å². The molecule has 0 aliphatic carbocycles. The smallest absolute Gasteiger partial charge is 0.148 e. The van der Waals surface area contributed by atoms with E-state index in [0.29, 0.717) is 0 Å². The zero-order valence-corrected chi connectivity index (χ0v) is 3.28. The van der Waals surface area contributed by atoms with Gasteiger partial charge in [0, 0.05) is 0 Å². The third kappa shape index (κ3) is 0.318. The molecule has 0 radical (unpaired) electrons. The molecule has 0 atom stereocenters. The SMILES string of the molecule is C=[N+]1CCC1. The average Bonchev–Trinajstić information content (AvgIpc) is 1.30. The van der Waals surface area contributed by atoms with Crippen molar-refractivity contribution in [2.45, 2.75) is 6.42 Å². The van der Waals surface area contributed by atoms with E-state index in [1.54, 1.807) is 0 Å². The zero-order valence-electron chi connectivity index (χ0n) is 3.28. The Morgan fingerprint density at radius 1 is 1.40 bits per heavy atom. The molecule has 5 heavy (non-hydrogen) atoms. The lowest BCUT2D eigenvalue weighted by molar-refractivity contribution is -0.575. The first-order valence-electron chi connectivity index (χ1n) is 1.95. The lowest BCUT2D eigenvalue weighted by Gasteiger charge is -2.06. The van der Waals surface area contributed by atoms with Crippen LogP contribution in [0, 0.1) is 0 Å². The van der Waals surface area contributed by atoms with Crippen molar-refractivity contribution < 1.29 is 4.58 Å². The number of rotatable bonds is 0. The Kier molecular flexibility index (Phi) is 0.469. The molecule has 1 saturated heterocycles. The Balaban J connectivity index is 2.32. The van der Waals surface area contributed by atoms with E-state index in [1.165, 1.54) is 19.5 Å². The zero-order chi connectivity index (χ0) is 3.70. The molecule has 0 N–H and O–H groups in total. The molecular formula is C4H8N+. The van der Waals surface area contributed by atoms with E-state index in [0.717, 1.165) is 0 Å². The largest absolute Gasteiger partial charge is 0.242 e. The molecule has 0 aromatic heterocycles. The average molecular weight is 70.1 g/mol. The molecular weight excluding hydrogens is 62.1 g/mol. The van der Waals surface area contributed by atoms with Gasteiger partial charge in [0.2, 0.25) is 0 Å². The quantitative estimate of drug-likeness (QED) is 0.356. The third-order valence-electron chi connectivity index (χ3n) is 0.949. The van der Waals surface area contributed by atoms with Crippen LogP contribution in [0.3, 0.4) is 0 Å². The van der Waals surface area contributed by atoms with Crippen LogP contribution in [0.2, 0.25) is 0 Å². The molecule has 1 aliphatic heterocycles. The first-order valence-corrected chi connectivity index (χ1v) is 1.95. The number of hydrogen-bond acceptors (Lipinski definition) is 0. The van der Waals surface area contributed by atoms with Gasteiger partial charge in [-0.25, -0.2) is 4.58 Å². The Labute approximate surface area is 31.9 Å². The van der Waals surface area contributed by atoms with E-state index in [2.05, 4.69) is 11.3 Å². The van der Waals surface area contributed by atoms with Crippen molar-refractivity contribution in [3.63, 3.8) is 0 Å². The maximum atomic E-state index is 3.68. The molecule has 0 saturated carbocycles. The summed E-state index contributed by atoms with van der Waals surface area (Å²) in [5.74, 6) is 0. The molecule has 1 fully saturated rings. The van der Waals surface area contributed by atoms with Crippen molar-refractivity contribution in [1.29, 1.82) is 0 Å². The highest BCUT2D eigenvalue weighted by Crippen LogP contribution is 1.92. The maximum absolute atomic E-state index is 3.68.